The third-order valence-electron chi connectivity index (χ3n) is 5.73. The third-order valence-corrected chi connectivity index (χ3v) is 6.96. The standard InChI is InChI=1S/C23H27ClN4O2S/c1-15(2)30-18-8-6-17(7-9-18)28-16(3)21(25-26-28)22(29)27-13-5-12-23(27,4)14-19-10-11-20(24)31-19/h6-11,15H,5,12-14H2,1-4H3. The molecule has 8 heteroatoms. The summed E-state index contributed by atoms with van der Waals surface area (Å²) in [5, 5.41) is 8.52. The first-order valence-corrected chi connectivity index (χ1v) is 11.7. The summed E-state index contributed by atoms with van der Waals surface area (Å²) in [4.78, 5) is 16.6. The van der Waals surface area contributed by atoms with Crippen LogP contribution in [0, 0.1) is 6.92 Å². The Hall–Kier alpha value is -2.38. The molecule has 1 unspecified atom stereocenters. The topological polar surface area (TPSA) is 60.2 Å². The lowest BCUT2D eigenvalue weighted by molar-refractivity contribution is 0.0618. The van der Waals surface area contributed by atoms with Crippen LogP contribution < -0.4 is 4.74 Å². The normalized spacial score (nSPS) is 18.7. The van der Waals surface area contributed by atoms with E-state index in [9.17, 15) is 4.79 Å². The Morgan fingerprint density at radius 2 is 2.00 bits per heavy atom. The number of thiophene rings is 1. The van der Waals surface area contributed by atoms with E-state index in [4.69, 9.17) is 16.3 Å². The second kappa shape index (κ2) is 8.63. The number of carbonyl (C=O) groups excluding carboxylic acids is 1. The van der Waals surface area contributed by atoms with Crippen molar-refractivity contribution >= 4 is 28.8 Å². The van der Waals surface area contributed by atoms with Crippen LogP contribution in [-0.2, 0) is 6.42 Å². The molecule has 4 rings (SSSR count). The highest BCUT2D eigenvalue weighted by atomic mass is 35.5. The summed E-state index contributed by atoms with van der Waals surface area (Å²) < 4.78 is 8.19. The van der Waals surface area contributed by atoms with E-state index < -0.39 is 0 Å². The number of amides is 1. The lowest BCUT2D eigenvalue weighted by Gasteiger charge is -2.34. The highest BCUT2D eigenvalue weighted by Gasteiger charge is 2.41. The smallest absolute Gasteiger partial charge is 0.276 e. The van der Waals surface area contributed by atoms with E-state index in [1.165, 1.54) is 4.88 Å². The molecule has 6 nitrogen and oxygen atoms in total. The summed E-state index contributed by atoms with van der Waals surface area (Å²) in [5.41, 5.74) is 1.73. The highest BCUT2D eigenvalue weighted by molar-refractivity contribution is 7.16. The lowest BCUT2D eigenvalue weighted by atomic mass is 9.93. The molecule has 3 aromatic rings. The van der Waals surface area contributed by atoms with Crippen LogP contribution in [0.25, 0.3) is 5.69 Å². The van der Waals surface area contributed by atoms with Crippen molar-refractivity contribution in [3.05, 3.63) is 57.0 Å². The number of aromatic nitrogens is 3. The molecule has 31 heavy (non-hydrogen) atoms. The molecule has 0 spiro atoms. The zero-order valence-corrected chi connectivity index (χ0v) is 19.8. The molecule has 1 saturated heterocycles. The summed E-state index contributed by atoms with van der Waals surface area (Å²) in [6, 6.07) is 11.6. The lowest BCUT2D eigenvalue weighted by Crippen LogP contribution is -2.46. The van der Waals surface area contributed by atoms with Crippen molar-refractivity contribution in [2.24, 2.45) is 0 Å². The summed E-state index contributed by atoms with van der Waals surface area (Å²) in [5.74, 6) is 0.737. The van der Waals surface area contributed by atoms with Gasteiger partial charge in [0.2, 0.25) is 0 Å². The molecule has 0 N–H and O–H groups in total. The average molecular weight is 459 g/mol. The van der Waals surface area contributed by atoms with Gasteiger partial charge < -0.3 is 9.64 Å². The quantitative estimate of drug-likeness (QED) is 0.501. The number of hydrogen-bond donors (Lipinski definition) is 0. The Kier molecular flexibility index (Phi) is 6.08. The fourth-order valence-electron chi connectivity index (χ4n) is 4.21. The van der Waals surface area contributed by atoms with Crippen molar-refractivity contribution in [3.8, 4) is 11.4 Å². The Bertz CT molecular complexity index is 1080. The van der Waals surface area contributed by atoms with Gasteiger partial charge in [0.15, 0.2) is 5.69 Å². The number of benzene rings is 1. The van der Waals surface area contributed by atoms with Crippen molar-refractivity contribution in [3.63, 3.8) is 0 Å². The molecular formula is C23H27ClN4O2S. The Morgan fingerprint density at radius 3 is 2.65 bits per heavy atom. The van der Waals surface area contributed by atoms with Gasteiger partial charge in [-0.3, -0.25) is 4.79 Å². The van der Waals surface area contributed by atoms with Crippen molar-refractivity contribution in [1.82, 2.24) is 19.9 Å². The van der Waals surface area contributed by atoms with E-state index in [2.05, 4.69) is 17.2 Å². The molecule has 0 bridgehead atoms. The number of rotatable bonds is 6. The first-order chi connectivity index (χ1) is 14.8. The van der Waals surface area contributed by atoms with Gasteiger partial charge in [0.05, 0.1) is 21.8 Å². The van der Waals surface area contributed by atoms with Crippen LogP contribution in [0.2, 0.25) is 4.34 Å². The van der Waals surface area contributed by atoms with Gasteiger partial charge in [-0.05, 0) is 76.9 Å². The largest absolute Gasteiger partial charge is 0.491 e. The maximum Gasteiger partial charge on any atom is 0.276 e. The minimum Gasteiger partial charge on any atom is -0.491 e. The monoisotopic (exact) mass is 458 g/mol. The van der Waals surface area contributed by atoms with E-state index in [0.29, 0.717) is 5.69 Å². The van der Waals surface area contributed by atoms with Gasteiger partial charge in [-0.1, -0.05) is 16.8 Å². The van der Waals surface area contributed by atoms with Gasteiger partial charge in [0.1, 0.15) is 5.75 Å². The Balaban J connectivity index is 1.56. The molecule has 3 heterocycles. The van der Waals surface area contributed by atoms with Crippen molar-refractivity contribution in [2.75, 3.05) is 6.54 Å². The van der Waals surface area contributed by atoms with E-state index in [1.54, 1.807) is 16.0 Å². The number of nitrogens with zero attached hydrogens (tertiary/aromatic N) is 4. The van der Waals surface area contributed by atoms with Gasteiger partial charge in [0.25, 0.3) is 5.91 Å². The molecule has 2 aromatic heterocycles. The van der Waals surface area contributed by atoms with Crippen molar-refractivity contribution in [1.29, 1.82) is 0 Å². The van der Waals surface area contributed by atoms with E-state index in [1.807, 2.05) is 62.1 Å². The fourth-order valence-corrected chi connectivity index (χ4v) is 5.48. The first kappa shape index (κ1) is 21.8. The number of likely N-dealkylation sites (tertiary alicyclic amines) is 1. The van der Waals surface area contributed by atoms with Crippen LogP contribution >= 0.6 is 22.9 Å². The van der Waals surface area contributed by atoms with Crippen LogP contribution in [-0.4, -0.2) is 44.0 Å². The van der Waals surface area contributed by atoms with Crippen LogP contribution in [0.4, 0.5) is 0 Å². The molecule has 1 atom stereocenters. The summed E-state index contributed by atoms with van der Waals surface area (Å²) in [7, 11) is 0. The zero-order valence-electron chi connectivity index (χ0n) is 18.3. The van der Waals surface area contributed by atoms with Crippen LogP contribution in [0.5, 0.6) is 5.75 Å². The Labute approximate surface area is 191 Å². The van der Waals surface area contributed by atoms with Gasteiger partial charge in [0, 0.05) is 23.4 Å². The molecule has 0 radical (unpaired) electrons. The number of hydrogen-bond acceptors (Lipinski definition) is 5. The minimum atomic E-state index is -0.253. The number of carbonyl (C=O) groups is 1. The van der Waals surface area contributed by atoms with E-state index in [-0.39, 0.29) is 17.6 Å². The maximum absolute atomic E-state index is 13.5. The van der Waals surface area contributed by atoms with Crippen molar-refractivity contribution in [2.45, 2.75) is 58.6 Å². The molecule has 1 aliphatic heterocycles. The van der Waals surface area contributed by atoms with E-state index >= 15 is 0 Å². The molecular weight excluding hydrogens is 432 g/mol. The van der Waals surface area contributed by atoms with Gasteiger partial charge in [-0.2, -0.15) is 0 Å². The summed E-state index contributed by atoms with van der Waals surface area (Å²) >= 11 is 7.69. The summed E-state index contributed by atoms with van der Waals surface area (Å²) in [6.45, 7) is 8.75. The predicted octanol–water partition coefficient (Wildman–Crippen LogP) is 5.32. The summed E-state index contributed by atoms with van der Waals surface area (Å²) in [6.07, 6.45) is 2.84. The molecule has 164 valence electrons. The van der Waals surface area contributed by atoms with Crippen LogP contribution in [0.1, 0.15) is 54.7 Å². The van der Waals surface area contributed by atoms with E-state index in [0.717, 1.165) is 47.3 Å². The molecule has 1 fully saturated rings. The van der Waals surface area contributed by atoms with Crippen molar-refractivity contribution < 1.29 is 9.53 Å². The molecule has 0 saturated carbocycles. The van der Waals surface area contributed by atoms with Gasteiger partial charge in [-0.15, -0.1) is 16.4 Å². The zero-order chi connectivity index (χ0) is 22.2. The first-order valence-electron chi connectivity index (χ1n) is 10.5. The number of ether oxygens (including phenoxy) is 1. The molecule has 0 aliphatic carbocycles. The number of halogens is 1. The second-order valence-corrected chi connectivity index (χ2v) is 10.3. The minimum absolute atomic E-state index is 0.0637. The second-order valence-electron chi connectivity index (χ2n) is 8.54. The molecule has 1 amide bonds. The molecule has 1 aromatic carbocycles. The maximum atomic E-state index is 13.5. The van der Waals surface area contributed by atoms with Gasteiger partial charge in [-0.25, -0.2) is 4.68 Å². The average Bonchev–Trinajstić information content (AvgIpc) is 3.40. The molecule has 1 aliphatic rings. The third kappa shape index (κ3) is 4.48. The highest BCUT2D eigenvalue weighted by Crippen LogP contribution is 2.36. The fraction of sp³-hybridized carbons (Fsp3) is 0.435. The van der Waals surface area contributed by atoms with Crippen LogP contribution in [0.3, 0.4) is 0 Å². The van der Waals surface area contributed by atoms with Crippen LogP contribution in [0.15, 0.2) is 36.4 Å². The SMILES string of the molecule is Cc1c(C(=O)N2CCCC2(C)Cc2ccc(Cl)s2)nnn1-c1ccc(OC(C)C)cc1. The predicted molar refractivity (Wildman–Crippen MR) is 124 cm³/mol. The Morgan fingerprint density at radius 1 is 1.26 bits per heavy atom. The van der Waals surface area contributed by atoms with Gasteiger partial charge >= 0.3 is 0 Å².